The number of imide groups is 1. The zero-order chi connectivity index (χ0) is 50.1. The van der Waals surface area contributed by atoms with Gasteiger partial charge in [0, 0.05) is 87.7 Å². The van der Waals surface area contributed by atoms with Crippen molar-refractivity contribution in [1.29, 1.82) is 0 Å². The lowest BCUT2D eigenvalue weighted by Gasteiger charge is -2.42. The summed E-state index contributed by atoms with van der Waals surface area (Å²) in [5, 5.41) is 3.40. The molecule has 7 heterocycles. The molecule has 3 fully saturated rings. The lowest BCUT2D eigenvalue weighted by Crippen LogP contribution is -2.53. The molecule has 380 valence electrons. The molecule has 0 saturated carbocycles. The second-order valence-corrected chi connectivity index (χ2v) is 20.7. The standard InChI is InChI=1S/C55H68N10O7/c1-36-31-42(11-16-47(36)63-28-22-49(66)65(53(63)67)34-38-7-12-43(69-6)13-8-38)61-24-18-41(19-25-61)60-26-20-45(21-27-60)71-44-14-9-40(10-15-44)58-52-57-32-39-17-23-62(35-46(39)59-52)48-33-56-51-50(37(48)2)64(29-30-70-51)54(68)72-55(3,4)5/h7-12,14-16,31-33,41,43,45H,13,17-30,34-35H2,1-6H3,(H,57,58,59). The van der Waals surface area contributed by atoms with Crippen molar-refractivity contribution in [2.24, 2.45) is 0 Å². The molecular weight excluding hydrogens is 913 g/mol. The van der Waals surface area contributed by atoms with Gasteiger partial charge in [-0.3, -0.25) is 24.4 Å². The lowest BCUT2D eigenvalue weighted by atomic mass is 9.98. The zero-order valence-electron chi connectivity index (χ0n) is 42.6. The molecule has 17 heteroatoms. The van der Waals surface area contributed by atoms with Crippen molar-refractivity contribution in [3.63, 3.8) is 0 Å². The van der Waals surface area contributed by atoms with Crippen LogP contribution in [0.1, 0.15) is 81.7 Å². The molecule has 1 unspecified atom stereocenters. The number of piperidine rings is 2. The number of aromatic nitrogens is 3. The minimum absolute atomic E-state index is 0.0313. The fraction of sp³-hybridized carbons (Fsp3) is 0.491. The number of methoxy groups -OCH3 is 1. The number of fused-ring (bicyclic) bond motifs is 2. The van der Waals surface area contributed by atoms with E-state index in [0.717, 1.165) is 122 Å². The molecule has 0 spiro atoms. The van der Waals surface area contributed by atoms with Gasteiger partial charge in [0.25, 0.3) is 0 Å². The molecule has 4 amide bonds. The SMILES string of the molecule is COC1C=CC(CN2C(=O)CCN(c3ccc(N4CCC(N5CCC(Oc6ccc(Nc7ncc8c(n7)CN(c7cnc9c(c7C)N(C(=O)OC(C)(C)C)CCO9)CC8)cc6)CC5)CC4)cc3C)C2=O)=CC1. The van der Waals surface area contributed by atoms with E-state index < -0.39 is 11.7 Å². The second kappa shape index (κ2) is 20.8. The van der Waals surface area contributed by atoms with E-state index in [0.29, 0.717) is 56.2 Å². The predicted molar refractivity (Wildman–Crippen MR) is 278 cm³/mol. The third-order valence-electron chi connectivity index (χ3n) is 14.8. The summed E-state index contributed by atoms with van der Waals surface area (Å²) in [6.07, 6.45) is 15.5. The van der Waals surface area contributed by atoms with Gasteiger partial charge in [-0.05, 0) is 132 Å². The van der Waals surface area contributed by atoms with E-state index in [1.165, 1.54) is 10.6 Å². The van der Waals surface area contributed by atoms with Crippen LogP contribution < -0.4 is 34.4 Å². The fourth-order valence-electron chi connectivity index (χ4n) is 10.8. The second-order valence-electron chi connectivity index (χ2n) is 20.7. The van der Waals surface area contributed by atoms with Crippen LogP contribution in [-0.2, 0) is 27.2 Å². The average molecular weight is 981 g/mol. The molecule has 2 aromatic carbocycles. The van der Waals surface area contributed by atoms with E-state index in [1.807, 2.05) is 76.5 Å². The number of nitrogens with zero attached hydrogens (tertiary/aromatic N) is 9. The van der Waals surface area contributed by atoms with Crippen LogP contribution in [0.25, 0.3) is 0 Å². The molecule has 1 N–H and O–H groups in total. The van der Waals surface area contributed by atoms with E-state index in [2.05, 4.69) is 61.2 Å². The largest absolute Gasteiger partial charge is 0.490 e. The third-order valence-corrected chi connectivity index (χ3v) is 14.8. The maximum atomic E-state index is 13.7. The van der Waals surface area contributed by atoms with Gasteiger partial charge >= 0.3 is 12.1 Å². The highest BCUT2D eigenvalue weighted by molar-refractivity contribution is 6.06. The van der Waals surface area contributed by atoms with E-state index >= 15 is 0 Å². The van der Waals surface area contributed by atoms with Crippen molar-refractivity contribution in [3.05, 3.63) is 101 Å². The Bertz CT molecular complexity index is 2720. The first kappa shape index (κ1) is 48.9. The number of likely N-dealkylation sites (tertiary alicyclic amines) is 1. The Morgan fingerprint density at radius 2 is 1.67 bits per heavy atom. The highest BCUT2D eigenvalue weighted by Gasteiger charge is 2.36. The number of rotatable bonds is 11. The minimum atomic E-state index is -0.622. The number of nitrogens with one attached hydrogen (secondary N) is 1. The summed E-state index contributed by atoms with van der Waals surface area (Å²) >= 11 is 0. The summed E-state index contributed by atoms with van der Waals surface area (Å²) in [6.45, 7) is 16.4. The summed E-state index contributed by atoms with van der Waals surface area (Å²) in [5.74, 6) is 1.69. The molecule has 1 aliphatic carbocycles. The van der Waals surface area contributed by atoms with Gasteiger partial charge in [0.05, 0.1) is 43.3 Å². The van der Waals surface area contributed by atoms with Crippen molar-refractivity contribution >= 4 is 52.4 Å². The lowest BCUT2D eigenvalue weighted by molar-refractivity contribution is -0.128. The summed E-state index contributed by atoms with van der Waals surface area (Å²) in [4.78, 5) is 66.2. The van der Waals surface area contributed by atoms with Gasteiger partial charge < -0.3 is 34.1 Å². The number of carbonyl (C=O) groups excluding carboxylic acids is 3. The van der Waals surface area contributed by atoms with E-state index in [9.17, 15) is 14.4 Å². The first-order valence-corrected chi connectivity index (χ1v) is 25.6. The third kappa shape index (κ3) is 10.7. The van der Waals surface area contributed by atoms with Crippen LogP contribution in [0.4, 0.5) is 44.0 Å². The van der Waals surface area contributed by atoms with Crippen LogP contribution in [0.15, 0.2) is 78.7 Å². The molecule has 72 heavy (non-hydrogen) atoms. The van der Waals surface area contributed by atoms with Crippen LogP contribution >= 0.6 is 0 Å². The predicted octanol–water partition coefficient (Wildman–Crippen LogP) is 8.50. The Hall–Kier alpha value is -6.72. The first-order valence-electron chi connectivity index (χ1n) is 25.6. The molecule has 1 atom stereocenters. The van der Waals surface area contributed by atoms with Crippen LogP contribution in [0, 0.1) is 13.8 Å². The summed E-state index contributed by atoms with van der Waals surface area (Å²) in [7, 11) is 1.68. The van der Waals surface area contributed by atoms with Gasteiger partial charge in [-0.15, -0.1) is 0 Å². The van der Waals surface area contributed by atoms with Crippen LogP contribution in [0.5, 0.6) is 11.6 Å². The molecule has 4 aromatic rings. The van der Waals surface area contributed by atoms with Crippen molar-refractivity contribution in [3.8, 4) is 11.6 Å². The number of hydrogen-bond donors (Lipinski definition) is 1. The molecule has 5 aliphatic heterocycles. The maximum Gasteiger partial charge on any atom is 0.415 e. The Morgan fingerprint density at radius 1 is 0.875 bits per heavy atom. The highest BCUT2D eigenvalue weighted by Crippen LogP contribution is 2.40. The van der Waals surface area contributed by atoms with Gasteiger partial charge in [-0.25, -0.2) is 24.5 Å². The molecule has 0 bridgehead atoms. The number of urea groups is 1. The van der Waals surface area contributed by atoms with Gasteiger partial charge in [0.1, 0.15) is 29.7 Å². The molecule has 10 rings (SSSR count). The van der Waals surface area contributed by atoms with E-state index in [4.69, 9.17) is 23.9 Å². The number of anilines is 6. The number of pyridine rings is 1. The fourth-order valence-corrected chi connectivity index (χ4v) is 10.8. The number of hydrogen-bond acceptors (Lipinski definition) is 14. The van der Waals surface area contributed by atoms with Crippen molar-refractivity contribution in [2.75, 3.05) is 91.0 Å². The van der Waals surface area contributed by atoms with Gasteiger partial charge in [0.15, 0.2) is 0 Å². The summed E-state index contributed by atoms with van der Waals surface area (Å²) in [5.41, 5.74) is 8.82. The van der Waals surface area contributed by atoms with Crippen LogP contribution in [0.2, 0.25) is 0 Å². The zero-order valence-corrected chi connectivity index (χ0v) is 42.6. The summed E-state index contributed by atoms with van der Waals surface area (Å²) in [6, 6.07) is 14.7. The Kier molecular flexibility index (Phi) is 14.1. The van der Waals surface area contributed by atoms with Crippen molar-refractivity contribution in [1.82, 2.24) is 24.8 Å². The number of benzene rings is 2. The molecule has 0 radical (unpaired) electrons. The molecule has 17 nitrogen and oxygen atoms in total. The topological polar surface area (TPSA) is 158 Å². The van der Waals surface area contributed by atoms with Gasteiger partial charge in [0.2, 0.25) is 17.7 Å². The maximum absolute atomic E-state index is 13.7. The first-order chi connectivity index (χ1) is 34.8. The normalized spacial score (nSPS) is 20.2. The van der Waals surface area contributed by atoms with Crippen LogP contribution in [-0.4, -0.2) is 133 Å². The van der Waals surface area contributed by atoms with E-state index in [-0.39, 0.29) is 30.7 Å². The molecule has 6 aliphatic rings. The van der Waals surface area contributed by atoms with Crippen molar-refractivity contribution < 1.29 is 33.3 Å². The Balaban J connectivity index is 0.680. The number of ether oxygens (including phenoxy) is 4. The Labute approximate surface area is 422 Å². The van der Waals surface area contributed by atoms with Gasteiger partial charge in [-0.1, -0.05) is 18.2 Å². The minimum Gasteiger partial charge on any atom is -0.490 e. The number of amides is 4. The van der Waals surface area contributed by atoms with Gasteiger partial charge in [-0.2, -0.15) is 0 Å². The quantitative estimate of drug-likeness (QED) is 0.153. The van der Waals surface area contributed by atoms with Crippen LogP contribution in [0.3, 0.4) is 0 Å². The smallest absolute Gasteiger partial charge is 0.415 e. The van der Waals surface area contributed by atoms with E-state index in [1.54, 1.807) is 16.9 Å². The number of aryl methyl sites for hydroxylation is 1. The molecule has 2 aromatic heterocycles. The Morgan fingerprint density at radius 3 is 2.39 bits per heavy atom. The molecular formula is C55H68N10O7. The number of carbonyl (C=O) groups is 3. The average Bonchev–Trinajstić information content (AvgIpc) is 3.38. The van der Waals surface area contributed by atoms with Crippen molar-refractivity contribution in [2.45, 2.75) is 110 Å². The molecule has 3 saturated heterocycles. The monoisotopic (exact) mass is 981 g/mol. The summed E-state index contributed by atoms with van der Waals surface area (Å²) < 4.78 is 23.5. The highest BCUT2D eigenvalue weighted by atomic mass is 16.6.